The van der Waals surface area contributed by atoms with E-state index in [-0.39, 0.29) is 28.0 Å². The molecule has 2 amide bonds. The zero-order valence-corrected chi connectivity index (χ0v) is 16.5. The van der Waals surface area contributed by atoms with E-state index in [1.807, 2.05) is 18.2 Å². The molecule has 0 aliphatic carbocycles. The molecule has 4 rings (SSSR count). The number of likely N-dealkylation sites (N-methyl/N-ethyl adjacent to an activating group) is 1. The van der Waals surface area contributed by atoms with Gasteiger partial charge in [-0.3, -0.25) is 14.5 Å². The van der Waals surface area contributed by atoms with Gasteiger partial charge in [-0.05, 0) is 35.9 Å². The SMILES string of the molecule is CCN1Cc2ccccc2C(NC(=O)c2ccc3c(c2)S(=O)(=O)N(C)C3=O)C1. The highest BCUT2D eigenvalue weighted by molar-refractivity contribution is 7.90. The third-order valence-electron chi connectivity index (χ3n) is 5.42. The number of benzene rings is 2. The minimum absolute atomic E-state index is 0.0965. The number of fused-ring (bicyclic) bond motifs is 2. The van der Waals surface area contributed by atoms with E-state index in [4.69, 9.17) is 0 Å². The number of nitrogens with one attached hydrogen (secondary N) is 1. The molecule has 2 aromatic rings. The Labute approximate surface area is 164 Å². The van der Waals surface area contributed by atoms with Crippen LogP contribution in [0.15, 0.2) is 47.4 Å². The highest BCUT2D eigenvalue weighted by atomic mass is 32.2. The van der Waals surface area contributed by atoms with E-state index in [9.17, 15) is 18.0 Å². The van der Waals surface area contributed by atoms with Crippen molar-refractivity contribution >= 4 is 21.8 Å². The third kappa shape index (κ3) is 2.89. The van der Waals surface area contributed by atoms with Gasteiger partial charge >= 0.3 is 0 Å². The Morgan fingerprint density at radius 2 is 1.96 bits per heavy atom. The number of nitrogens with zero attached hydrogens (tertiary/aromatic N) is 2. The molecule has 2 aliphatic rings. The van der Waals surface area contributed by atoms with Crippen molar-refractivity contribution in [2.24, 2.45) is 0 Å². The lowest BCUT2D eigenvalue weighted by Gasteiger charge is -2.34. The second-order valence-corrected chi connectivity index (χ2v) is 8.98. The van der Waals surface area contributed by atoms with Crippen LogP contribution in [-0.4, -0.2) is 49.6 Å². The molecule has 0 aromatic heterocycles. The van der Waals surface area contributed by atoms with Gasteiger partial charge in [0.05, 0.1) is 11.6 Å². The maximum atomic E-state index is 12.9. The molecule has 0 radical (unpaired) electrons. The van der Waals surface area contributed by atoms with Crippen molar-refractivity contribution in [2.75, 3.05) is 20.1 Å². The van der Waals surface area contributed by atoms with E-state index in [0.29, 0.717) is 10.8 Å². The van der Waals surface area contributed by atoms with Gasteiger partial charge in [0.2, 0.25) is 0 Å². The molecule has 146 valence electrons. The molecule has 0 bridgehead atoms. The van der Waals surface area contributed by atoms with Crippen molar-refractivity contribution < 1.29 is 18.0 Å². The van der Waals surface area contributed by atoms with Crippen LogP contribution in [-0.2, 0) is 16.6 Å². The zero-order valence-electron chi connectivity index (χ0n) is 15.7. The first-order valence-electron chi connectivity index (χ1n) is 9.11. The smallest absolute Gasteiger partial charge is 0.268 e. The quantitative estimate of drug-likeness (QED) is 0.850. The maximum absolute atomic E-state index is 12.9. The second-order valence-electron chi connectivity index (χ2n) is 7.04. The highest BCUT2D eigenvalue weighted by Crippen LogP contribution is 2.30. The Morgan fingerprint density at radius 1 is 1.21 bits per heavy atom. The van der Waals surface area contributed by atoms with E-state index < -0.39 is 15.9 Å². The molecule has 1 unspecified atom stereocenters. The average Bonchev–Trinajstić information content (AvgIpc) is 2.87. The molecular weight excluding hydrogens is 378 g/mol. The van der Waals surface area contributed by atoms with Crippen LogP contribution in [0.2, 0.25) is 0 Å². The molecular formula is C20H21N3O4S. The van der Waals surface area contributed by atoms with Gasteiger partial charge in [0, 0.05) is 25.7 Å². The van der Waals surface area contributed by atoms with Crippen LogP contribution >= 0.6 is 0 Å². The van der Waals surface area contributed by atoms with Gasteiger partial charge in [-0.25, -0.2) is 12.7 Å². The third-order valence-corrected chi connectivity index (χ3v) is 7.20. The van der Waals surface area contributed by atoms with E-state index in [1.54, 1.807) is 0 Å². The van der Waals surface area contributed by atoms with E-state index in [0.717, 1.165) is 18.7 Å². The molecule has 2 aliphatic heterocycles. The Hall–Kier alpha value is -2.71. The zero-order chi connectivity index (χ0) is 20.1. The Bertz CT molecular complexity index is 1080. The number of rotatable bonds is 3. The fourth-order valence-electron chi connectivity index (χ4n) is 3.77. The lowest BCUT2D eigenvalue weighted by molar-refractivity contribution is 0.0887. The monoisotopic (exact) mass is 399 g/mol. The largest absolute Gasteiger partial charge is 0.344 e. The summed E-state index contributed by atoms with van der Waals surface area (Å²) in [6.07, 6.45) is 0. The number of hydrogen-bond donors (Lipinski definition) is 1. The van der Waals surface area contributed by atoms with Gasteiger partial charge in [0.25, 0.3) is 21.8 Å². The van der Waals surface area contributed by atoms with Gasteiger partial charge in [-0.15, -0.1) is 0 Å². The molecule has 0 fully saturated rings. The molecule has 0 saturated carbocycles. The Kier molecular flexibility index (Phi) is 4.47. The Morgan fingerprint density at radius 3 is 2.71 bits per heavy atom. The van der Waals surface area contributed by atoms with Gasteiger partial charge < -0.3 is 5.32 Å². The van der Waals surface area contributed by atoms with Gasteiger partial charge in [-0.1, -0.05) is 31.2 Å². The van der Waals surface area contributed by atoms with Crippen molar-refractivity contribution in [2.45, 2.75) is 24.4 Å². The van der Waals surface area contributed by atoms with Crippen LogP contribution in [0, 0.1) is 0 Å². The van der Waals surface area contributed by atoms with Crippen molar-refractivity contribution in [3.63, 3.8) is 0 Å². The maximum Gasteiger partial charge on any atom is 0.268 e. The first-order chi connectivity index (χ1) is 13.3. The molecule has 2 aromatic carbocycles. The van der Waals surface area contributed by atoms with Crippen LogP contribution in [0.1, 0.15) is 44.8 Å². The Balaban J connectivity index is 1.64. The molecule has 1 N–H and O–H groups in total. The summed E-state index contributed by atoms with van der Waals surface area (Å²) < 4.78 is 25.4. The second kappa shape index (κ2) is 6.72. The topological polar surface area (TPSA) is 86.8 Å². The fourth-order valence-corrected chi connectivity index (χ4v) is 5.09. The van der Waals surface area contributed by atoms with Crippen LogP contribution < -0.4 is 5.32 Å². The lowest BCUT2D eigenvalue weighted by atomic mass is 9.95. The summed E-state index contributed by atoms with van der Waals surface area (Å²) in [5.74, 6) is -0.945. The van der Waals surface area contributed by atoms with Gasteiger partial charge in [-0.2, -0.15) is 0 Å². The summed E-state index contributed by atoms with van der Waals surface area (Å²) in [6, 6.07) is 12.0. The summed E-state index contributed by atoms with van der Waals surface area (Å²) in [5.41, 5.74) is 2.56. The van der Waals surface area contributed by atoms with Crippen LogP contribution in [0.5, 0.6) is 0 Å². The van der Waals surface area contributed by atoms with Crippen LogP contribution in [0.3, 0.4) is 0 Å². The molecule has 1 atom stereocenters. The van der Waals surface area contributed by atoms with Crippen molar-refractivity contribution in [3.8, 4) is 0 Å². The lowest BCUT2D eigenvalue weighted by Crippen LogP contribution is -2.41. The molecule has 8 heteroatoms. The fraction of sp³-hybridized carbons (Fsp3) is 0.300. The molecule has 7 nitrogen and oxygen atoms in total. The number of amides is 2. The molecule has 0 saturated heterocycles. The molecule has 0 spiro atoms. The van der Waals surface area contributed by atoms with E-state index >= 15 is 0 Å². The normalized spacial score (nSPS) is 20.6. The predicted octanol–water partition coefficient (Wildman–Crippen LogP) is 1.77. The molecule has 28 heavy (non-hydrogen) atoms. The number of hydrogen-bond acceptors (Lipinski definition) is 5. The van der Waals surface area contributed by atoms with Gasteiger partial charge in [0.1, 0.15) is 4.90 Å². The first-order valence-corrected chi connectivity index (χ1v) is 10.5. The number of carbonyl (C=O) groups excluding carboxylic acids is 2. The summed E-state index contributed by atoms with van der Waals surface area (Å²) >= 11 is 0. The number of sulfonamides is 1. The predicted molar refractivity (Wildman–Crippen MR) is 103 cm³/mol. The minimum atomic E-state index is -3.89. The van der Waals surface area contributed by atoms with Crippen LogP contribution in [0.4, 0.5) is 0 Å². The summed E-state index contributed by atoms with van der Waals surface area (Å²) in [4.78, 5) is 27.1. The van der Waals surface area contributed by atoms with Crippen LogP contribution in [0.25, 0.3) is 0 Å². The first kappa shape index (κ1) is 18.6. The standard InChI is InChI=1S/C20H21N3O4S/c1-3-23-11-14-6-4-5-7-15(14)17(12-23)21-19(24)13-8-9-16-18(10-13)28(26,27)22(2)20(16)25/h4-10,17H,3,11-12H2,1-2H3,(H,21,24). The van der Waals surface area contributed by atoms with Crippen molar-refractivity contribution in [3.05, 3.63) is 64.7 Å². The average molecular weight is 399 g/mol. The minimum Gasteiger partial charge on any atom is -0.344 e. The molecule has 2 heterocycles. The van der Waals surface area contributed by atoms with Gasteiger partial charge in [0.15, 0.2) is 0 Å². The summed E-state index contributed by atoms with van der Waals surface area (Å²) in [6.45, 7) is 4.46. The van der Waals surface area contributed by atoms with Crippen molar-refractivity contribution in [1.29, 1.82) is 0 Å². The summed E-state index contributed by atoms with van der Waals surface area (Å²) in [5, 5.41) is 3.02. The number of carbonyl (C=O) groups is 2. The van der Waals surface area contributed by atoms with E-state index in [2.05, 4.69) is 23.2 Å². The van der Waals surface area contributed by atoms with E-state index in [1.165, 1.54) is 30.8 Å². The summed E-state index contributed by atoms with van der Waals surface area (Å²) in [7, 11) is -2.67. The van der Waals surface area contributed by atoms with Crippen molar-refractivity contribution in [1.82, 2.24) is 14.5 Å². The highest BCUT2D eigenvalue weighted by Gasteiger charge is 2.39.